The van der Waals surface area contributed by atoms with E-state index >= 15 is 0 Å². The van der Waals surface area contributed by atoms with Crippen LogP contribution in [0.2, 0.25) is 0 Å². The second-order valence-corrected chi connectivity index (χ2v) is 8.12. The van der Waals surface area contributed by atoms with Crippen LogP contribution in [0.15, 0.2) is 46.2 Å². The molecule has 0 saturated heterocycles. The second kappa shape index (κ2) is 10.9. The number of esters is 1. The number of aromatic nitrogens is 1. The molecule has 3 aromatic rings. The first kappa shape index (κ1) is 26.2. The van der Waals surface area contributed by atoms with Crippen LogP contribution in [0.5, 0.6) is 0 Å². The summed E-state index contributed by atoms with van der Waals surface area (Å²) in [6, 6.07) is 8.26. The number of H-pyrrole nitrogens is 1. The number of aromatic amines is 1. The van der Waals surface area contributed by atoms with Gasteiger partial charge in [0.25, 0.3) is 0 Å². The molecule has 0 atom stereocenters. The molecule has 35 heavy (non-hydrogen) atoms. The first-order chi connectivity index (χ1) is 16.6. The molecule has 1 aromatic heterocycles. The van der Waals surface area contributed by atoms with Crippen molar-refractivity contribution in [1.82, 2.24) is 10.3 Å². The Kier molecular flexibility index (Phi) is 8.18. The summed E-state index contributed by atoms with van der Waals surface area (Å²) in [4.78, 5) is 39.3. The first-order valence-electron chi connectivity index (χ1n) is 10.2. The number of benzene rings is 2. The number of nitrogens with one attached hydrogen (secondary N) is 2. The van der Waals surface area contributed by atoms with Gasteiger partial charge in [0.1, 0.15) is 11.4 Å². The molecule has 1 heterocycles. The normalized spacial score (nSPS) is 11.5. The zero-order chi connectivity index (χ0) is 25.8. The number of carbonyl (C=O) groups excluding carboxylic acids is 2. The Balaban J connectivity index is 1.99. The van der Waals surface area contributed by atoms with E-state index in [9.17, 15) is 31.9 Å². The van der Waals surface area contributed by atoms with Gasteiger partial charge in [-0.25, -0.2) is 9.18 Å². The highest BCUT2D eigenvalue weighted by Crippen LogP contribution is 2.29. The predicted octanol–water partition coefficient (Wildman–Crippen LogP) is 4.39. The molecular formula is C23H20F4N2O5S. The molecule has 12 heteroatoms. The van der Waals surface area contributed by atoms with Crippen LogP contribution in [-0.4, -0.2) is 42.7 Å². The van der Waals surface area contributed by atoms with Crippen molar-refractivity contribution in [2.75, 3.05) is 19.7 Å². The van der Waals surface area contributed by atoms with Crippen molar-refractivity contribution in [3.05, 3.63) is 63.6 Å². The van der Waals surface area contributed by atoms with Crippen LogP contribution in [0, 0.1) is 5.82 Å². The minimum absolute atomic E-state index is 0.0495. The highest BCUT2D eigenvalue weighted by Gasteiger charge is 2.38. The molecule has 0 unspecified atom stereocenters. The smallest absolute Gasteiger partial charge is 0.462 e. The number of hydrogen-bond donors (Lipinski definition) is 2. The van der Waals surface area contributed by atoms with Gasteiger partial charge in [0.2, 0.25) is 5.43 Å². The molecule has 2 aromatic carbocycles. The number of methoxy groups -OCH3 is 1. The number of alkyl halides is 3. The number of carbonyl (C=O) groups is 2. The molecule has 1 amide bonds. The highest BCUT2D eigenvalue weighted by atomic mass is 32.2. The molecule has 0 aliphatic heterocycles. The van der Waals surface area contributed by atoms with E-state index in [0.717, 1.165) is 17.8 Å². The lowest BCUT2D eigenvalue weighted by Gasteiger charge is -2.12. The summed E-state index contributed by atoms with van der Waals surface area (Å²) < 4.78 is 61.9. The van der Waals surface area contributed by atoms with Gasteiger partial charge in [0, 0.05) is 24.6 Å². The monoisotopic (exact) mass is 512 g/mol. The summed E-state index contributed by atoms with van der Waals surface area (Å²) in [5.41, 5.74) is 0.191. The van der Waals surface area contributed by atoms with Crippen molar-refractivity contribution in [2.45, 2.75) is 24.7 Å². The maximum absolute atomic E-state index is 15.0. The average molecular weight is 512 g/mol. The minimum Gasteiger partial charge on any atom is -0.462 e. The second-order valence-electron chi connectivity index (χ2n) is 7.18. The lowest BCUT2D eigenvalue weighted by Crippen LogP contribution is -2.36. The van der Waals surface area contributed by atoms with Gasteiger partial charge in [0.05, 0.1) is 23.1 Å². The maximum atomic E-state index is 15.0. The van der Waals surface area contributed by atoms with E-state index in [0.29, 0.717) is 11.1 Å². The van der Waals surface area contributed by atoms with E-state index in [1.165, 1.54) is 37.4 Å². The lowest BCUT2D eigenvalue weighted by molar-refractivity contribution is -0.173. The van der Waals surface area contributed by atoms with Crippen LogP contribution < -0.4 is 10.7 Å². The molecule has 3 rings (SSSR count). The first-order valence-corrected chi connectivity index (χ1v) is 11.2. The van der Waals surface area contributed by atoms with Crippen molar-refractivity contribution in [3.8, 4) is 11.1 Å². The number of rotatable bonds is 8. The van der Waals surface area contributed by atoms with E-state index in [-0.39, 0.29) is 46.1 Å². The fourth-order valence-electron chi connectivity index (χ4n) is 3.21. The molecule has 7 nitrogen and oxygen atoms in total. The van der Waals surface area contributed by atoms with E-state index < -0.39 is 29.3 Å². The van der Waals surface area contributed by atoms with Gasteiger partial charge in [0.15, 0.2) is 0 Å². The molecule has 0 bridgehead atoms. The van der Waals surface area contributed by atoms with Crippen LogP contribution in [0.25, 0.3) is 22.0 Å². The summed E-state index contributed by atoms with van der Waals surface area (Å²) in [5, 5.41) is 1.91. The Hall–Kier alpha value is -3.38. The predicted molar refractivity (Wildman–Crippen MR) is 122 cm³/mol. The standard InChI is InChI=1S/C23H20F4N2O5S/c1-3-34-21(31)18-19(30)15-8-16(24)14(9-17(15)29-20(18)35-11-33-2)13-6-4-12(5-7-13)10-28-22(32)23(25,26)27/h4-9H,3,10-11H2,1-2H3,(H,28,32)(H,29,30). The quantitative estimate of drug-likeness (QED) is 0.201. The molecule has 186 valence electrons. The third-order valence-corrected chi connectivity index (χ3v) is 5.78. The van der Waals surface area contributed by atoms with Crippen LogP contribution >= 0.6 is 11.8 Å². The zero-order valence-corrected chi connectivity index (χ0v) is 19.4. The number of thioether (sulfide) groups is 1. The third-order valence-electron chi connectivity index (χ3n) is 4.83. The fraction of sp³-hybridized carbons (Fsp3) is 0.261. The maximum Gasteiger partial charge on any atom is 0.471 e. The molecular weight excluding hydrogens is 492 g/mol. The highest BCUT2D eigenvalue weighted by molar-refractivity contribution is 7.99. The van der Waals surface area contributed by atoms with Gasteiger partial charge >= 0.3 is 18.1 Å². The van der Waals surface area contributed by atoms with Gasteiger partial charge < -0.3 is 19.8 Å². The van der Waals surface area contributed by atoms with E-state index in [4.69, 9.17) is 9.47 Å². The summed E-state index contributed by atoms with van der Waals surface area (Å²) in [7, 11) is 1.45. The topological polar surface area (TPSA) is 97.5 Å². The van der Waals surface area contributed by atoms with Gasteiger partial charge in [-0.1, -0.05) is 36.0 Å². The lowest BCUT2D eigenvalue weighted by atomic mass is 10.0. The van der Waals surface area contributed by atoms with Gasteiger partial charge in [-0.2, -0.15) is 13.2 Å². The fourth-order valence-corrected chi connectivity index (χ4v) is 3.95. The average Bonchev–Trinajstić information content (AvgIpc) is 2.81. The van der Waals surface area contributed by atoms with Crippen molar-refractivity contribution >= 4 is 34.5 Å². The molecule has 0 aliphatic carbocycles. The van der Waals surface area contributed by atoms with Crippen molar-refractivity contribution in [2.24, 2.45) is 0 Å². The summed E-state index contributed by atoms with van der Waals surface area (Å²) in [5.74, 6) is -3.51. The Labute approximate surface area is 200 Å². The number of pyridine rings is 1. The largest absolute Gasteiger partial charge is 0.471 e. The Morgan fingerprint density at radius 1 is 1.14 bits per heavy atom. The molecule has 2 N–H and O–H groups in total. The van der Waals surface area contributed by atoms with Gasteiger partial charge in [-0.3, -0.25) is 9.59 Å². The summed E-state index contributed by atoms with van der Waals surface area (Å²) in [6.45, 7) is 1.29. The van der Waals surface area contributed by atoms with Crippen LogP contribution in [-0.2, 0) is 20.8 Å². The molecule has 0 fully saturated rings. The van der Waals surface area contributed by atoms with Gasteiger partial charge in [-0.15, -0.1) is 0 Å². The molecule has 0 saturated carbocycles. The SMILES string of the molecule is CCOC(=O)c1c(SCOC)[nH]c2cc(-c3ccc(CNC(=O)C(F)(F)F)cc3)c(F)cc2c1=O. The van der Waals surface area contributed by atoms with E-state index in [1.54, 1.807) is 12.2 Å². The van der Waals surface area contributed by atoms with Crippen LogP contribution in [0.4, 0.5) is 17.6 Å². The Morgan fingerprint density at radius 3 is 2.43 bits per heavy atom. The summed E-state index contributed by atoms with van der Waals surface area (Å²) in [6.07, 6.45) is -4.99. The van der Waals surface area contributed by atoms with Crippen molar-refractivity contribution in [3.63, 3.8) is 0 Å². The van der Waals surface area contributed by atoms with Crippen LogP contribution in [0.3, 0.4) is 0 Å². The zero-order valence-electron chi connectivity index (χ0n) is 18.5. The Bertz CT molecular complexity index is 1310. The van der Waals surface area contributed by atoms with Crippen molar-refractivity contribution < 1.29 is 36.6 Å². The van der Waals surface area contributed by atoms with E-state index in [2.05, 4.69) is 4.98 Å². The molecule has 0 aliphatic rings. The molecule has 0 radical (unpaired) electrons. The number of fused-ring (bicyclic) bond motifs is 1. The van der Waals surface area contributed by atoms with E-state index in [1.807, 2.05) is 0 Å². The number of ether oxygens (including phenoxy) is 2. The number of halogens is 4. The summed E-state index contributed by atoms with van der Waals surface area (Å²) >= 11 is 1.06. The van der Waals surface area contributed by atoms with Gasteiger partial charge in [-0.05, 0) is 30.2 Å². The van der Waals surface area contributed by atoms with Crippen LogP contribution in [0.1, 0.15) is 22.8 Å². The number of hydrogen-bond acceptors (Lipinski definition) is 6. The minimum atomic E-state index is -4.99. The molecule has 0 spiro atoms. The van der Waals surface area contributed by atoms with Crippen molar-refractivity contribution in [1.29, 1.82) is 0 Å². The number of amides is 1. The third kappa shape index (κ3) is 6.01. The Morgan fingerprint density at radius 2 is 1.83 bits per heavy atom.